The van der Waals surface area contributed by atoms with Gasteiger partial charge in [-0.15, -0.1) is 0 Å². The number of hydrogen-bond acceptors (Lipinski definition) is 1. The molecular formula is C9H17N. The molecule has 0 atom stereocenters. The van der Waals surface area contributed by atoms with Crippen molar-refractivity contribution >= 4 is 0 Å². The fraction of sp³-hybridized carbons (Fsp3) is 0.556. The van der Waals surface area contributed by atoms with Crippen LogP contribution in [0.2, 0.25) is 0 Å². The quantitative estimate of drug-likeness (QED) is 0.581. The van der Waals surface area contributed by atoms with Crippen LogP contribution in [0.15, 0.2) is 24.3 Å². The molecule has 0 aliphatic heterocycles. The Labute approximate surface area is 63.6 Å². The number of allylic oxidation sites excluding steroid dienone is 2. The van der Waals surface area contributed by atoms with Crippen LogP contribution in [-0.2, 0) is 0 Å². The SMILES string of the molecule is C=C(CC)CC=CCCN. The van der Waals surface area contributed by atoms with E-state index in [1.165, 1.54) is 5.57 Å². The largest absolute Gasteiger partial charge is 0.330 e. The number of nitrogens with two attached hydrogens (primary N) is 1. The van der Waals surface area contributed by atoms with Crippen LogP contribution in [0.5, 0.6) is 0 Å². The third-order valence-electron chi connectivity index (χ3n) is 1.41. The second-order valence-electron chi connectivity index (χ2n) is 2.36. The van der Waals surface area contributed by atoms with Gasteiger partial charge in [-0.25, -0.2) is 0 Å². The molecule has 0 amide bonds. The predicted molar refractivity (Wildman–Crippen MR) is 46.9 cm³/mol. The maximum atomic E-state index is 5.30. The van der Waals surface area contributed by atoms with E-state index in [1.54, 1.807) is 0 Å². The van der Waals surface area contributed by atoms with Crippen molar-refractivity contribution in [3.05, 3.63) is 24.3 Å². The van der Waals surface area contributed by atoms with Crippen molar-refractivity contribution in [2.24, 2.45) is 5.73 Å². The molecule has 0 saturated heterocycles. The van der Waals surface area contributed by atoms with Gasteiger partial charge in [0, 0.05) is 0 Å². The molecular weight excluding hydrogens is 122 g/mol. The molecule has 0 rings (SSSR count). The normalized spacial score (nSPS) is 10.6. The Morgan fingerprint density at radius 1 is 1.50 bits per heavy atom. The van der Waals surface area contributed by atoms with E-state index in [9.17, 15) is 0 Å². The molecule has 2 N–H and O–H groups in total. The zero-order chi connectivity index (χ0) is 7.82. The van der Waals surface area contributed by atoms with Gasteiger partial charge in [0.1, 0.15) is 0 Å². The van der Waals surface area contributed by atoms with Gasteiger partial charge in [-0.05, 0) is 25.8 Å². The summed E-state index contributed by atoms with van der Waals surface area (Å²) in [6, 6.07) is 0. The molecule has 0 bridgehead atoms. The average molecular weight is 139 g/mol. The number of hydrogen-bond donors (Lipinski definition) is 1. The highest BCUT2D eigenvalue weighted by atomic mass is 14.5. The second kappa shape index (κ2) is 6.56. The van der Waals surface area contributed by atoms with Gasteiger partial charge in [0.05, 0.1) is 0 Å². The van der Waals surface area contributed by atoms with Gasteiger partial charge in [0.25, 0.3) is 0 Å². The van der Waals surface area contributed by atoms with Gasteiger partial charge in [0.2, 0.25) is 0 Å². The van der Waals surface area contributed by atoms with Crippen molar-refractivity contribution in [1.82, 2.24) is 0 Å². The minimum atomic E-state index is 0.745. The summed E-state index contributed by atoms with van der Waals surface area (Å²) in [4.78, 5) is 0. The Hall–Kier alpha value is -0.560. The van der Waals surface area contributed by atoms with Crippen LogP contribution >= 0.6 is 0 Å². The number of rotatable bonds is 5. The topological polar surface area (TPSA) is 26.0 Å². The van der Waals surface area contributed by atoms with Gasteiger partial charge < -0.3 is 5.73 Å². The van der Waals surface area contributed by atoms with E-state index in [0.29, 0.717) is 0 Å². The highest BCUT2D eigenvalue weighted by Gasteiger charge is 1.83. The third-order valence-corrected chi connectivity index (χ3v) is 1.41. The monoisotopic (exact) mass is 139 g/mol. The van der Waals surface area contributed by atoms with Gasteiger partial charge in [-0.1, -0.05) is 31.2 Å². The fourth-order valence-electron chi connectivity index (χ4n) is 0.608. The van der Waals surface area contributed by atoms with Gasteiger partial charge in [-0.2, -0.15) is 0 Å². The standard InChI is InChI=1S/C9H17N/c1-3-9(2)7-5-4-6-8-10/h4-5H,2-3,6-8,10H2,1H3. The van der Waals surface area contributed by atoms with E-state index in [0.717, 1.165) is 25.8 Å². The van der Waals surface area contributed by atoms with Gasteiger partial charge in [-0.3, -0.25) is 0 Å². The summed E-state index contributed by atoms with van der Waals surface area (Å²) in [6.07, 6.45) is 7.32. The van der Waals surface area contributed by atoms with Crippen molar-refractivity contribution in [2.75, 3.05) is 6.54 Å². The van der Waals surface area contributed by atoms with E-state index >= 15 is 0 Å². The zero-order valence-electron chi connectivity index (χ0n) is 6.77. The lowest BCUT2D eigenvalue weighted by Gasteiger charge is -1.93. The van der Waals surface area contributed by atoms with E-state index in [1.807, 2.05) is 0 Å². The van der Waals surface area contributed by atoms with Crippen molar-refractivity contribution in [2.45, 2.75) is 26.2 Å². The highest BCUT2D eigenvalue weighted by Crippen LogP contribution is 2.02. The average Bonchev–Trinajstić information content (AvgIpc) is 1.98. The Bertz CT molecular complexity index is 114. The molecule has 1 heteroatoms. The van der Waals surface area contributed by atoms with Gasteiger partial charge in [0.15, 0.2) is 0 Å². The first-order valence-electron chi connectivity index (χ1n) is 3.83. The molecule has 1 nitrogen and oxygen atoms in total. The molecule has 10 heavy (non-hydrogen) atoms. The van der Waals surface area contributed by atoms with E-state index in [-0.39, 0.29) is 0 Å². The Kier molecular flexibility index (Phi) is 6.19. The summed E-state index contributed by atoms with van der Waals surface area (Å²) >= 11 is 0. The van der Waals surface area contributed by atoms with Crippen LogP contribution in [0.1, 0.15) is 26.2 Å². The molecule has 0 unspecified atom stereocenters. The van der Waals surface area contributed by atoms with Crippen LogP contribution in [0.4, 0.5) is 0 Å². The molecule has 0 saturated carbocycles. The lowest BCUT2D eigenvalue weighted by Crippen LogP contribution is -1.94. The zero-order valence-corrected chi connectivity index (χ0v) is 6.77. The Morgan fingerprint density at radius 2 is 2.20 bits per heavy atom. The van der Waals surface area contributed by atoms with Crippen molar-refractivity contribution in [1.29, 1.82) is 0 Å². The summed E-state index contributed by atoms with van der Waals surface area (Å²) in [5, 5.41) is 0. The third kappa shape index (κ3) is 5.57. The fourth-order valence-corrected chi connectivity index (χ4v) is 0.608. The van der Waals surface area contributed by atoms with E-state index < -0.39 is 0 Å². The first kappa shape index (κ1) is 9.44. The molecule has 0 heterocycles. The molecule has 0 aromatic heterocycles. The minimum absolute atomic E-state index is 0.745. The van der Waals surface area contributed by atoms with Crippen LogP contribution in [0.3, 0.4) is 0 Å². The van der Waals surface area contributed by atoms with Crippen molar-refractivity contribution in [3.8, 4) is 0 Å². The Balaban J connectivity index is 3.25. The van der Waals surface area contributed by atoms with Crippen LogP contribution < -0.4 is 5.73 Å². The van der Waals surface area contributed by atoms with Gasteiger partial charge >= 0.3 is 0 Å². The van der Waals surface area contributed by atoms with Crippen LogP contribution in [0, 0.1) is 0 Å². The van der Waals surface area contributed by atoms with Crippen LogP contribution in [-0.4, -0.2) is 6.54 Å². The maximum Gasteiger partial charge on any atom is -0.00426 e. The Morgan fingerprint density at radius 3 is 2.70 bits per heavy atom. The molecule has 0 radical (unpaired) electrons. The lowest BCUT2D eigenvalue weighted by atomic mass is 10.1. The summed E-state index contributed by atoms with van der Waals surface area (Å²) < 4.78 is 0. The molecule has 0 aromatic rings. The molecule has 0 fully saturated rings. The van der Waals surface area contributed by atoms with E-state index in [2.05, 4.69) is 25.7 Å². The van der Waals surface area contributed by atoms with Crippen LogP contribution in [0.25, 0.3) is 0 Å². The molecule has 58 valence electrons. The summed E-state index contributed by atoms with van der Waals surface area (Å²) in [6.45, 7) is 6.76. The molecule has 0 aliphatic rings. The predicted octanol–water partition coefficient (Wildman–Crippen LogP) is 2.25. The maximum absolute atomic E-state index is 5.30. The van der Waals surface area contributed by atoms with Crippen molar-refractivity contribution < 1.29 is 0 Å². The summed E-state index contributed by atoms with van der Waals surface area (Å²) in [5.41, 5.74) is 6.59. The highest BCUT2D eigenvalue weighted by molar-refractivity contribution is 5.01. The second-order valence-corrected chi connectivity index (χ2v) is 2.36. The van der Waals surface area contributed by atoms with Crippen molar-refractivity contribution in [3.63, 3.8) is 0 Å². The molecule has 0 aliphatic carbocycles. The molecule has 0 aromatic carbocycles. The minimum Gasteiger partial charge on any atom is -0.330 e. The summed E-state index contributed by atoms with van der Waals surface area (Å²) in [5.74, 6) is 0. The first-order valence-corrected chi connectivity index (χ1v) is 3.83. The first-order chi connectivity index (χ1) is 4.81. The molecule has 0 spiro atoms. The summed E-state index contributed by atoms with van der Waals surface area (Å²) in [7, 11) is 0. The van der Waals surface area contributed by atoms with E-state index in [4.69, 9.17) is 5.73 Å². The lowest BCUT2D eigenvalue weighted by molar-refractivity contribution is 0.989. The smallest absolute Gasteiger partial charge is 0.00426 e.